The van der Waals surface area contributed by atoms with E-state index in [0.29, 0.717) is 12.5 Å². The number of fused-ring (bicyclic) bond motifs is 1. The highest BCUT2D eigenvalue weighted by molar-refractivity contribution is 5.83. The number of nitrogens with one attached hydrogen (secondary N) is 2. The lowest BCUT2D eigenvalue weighted by atomic mass is 9.88. The van der Waals surface area contributed by atoms with Crippen LogP contribution in [0.3, 0.4) is 0 Å². The van der Waals surface area contributed by atoms with E-state index in [4.69, 9.17) is 0 Å². The van der Waals surface area contributed by atoms with Crippen LogP contribution < -0.4 is 5.32 Å². The first kappa shape index (κ1) is 12.2. The lowest BCUT2D eigenvalue weighted by Gasteiger charge is -2.22. The molecule has 1 aliphatic rings. The van der Waals surface area contributed by atoms with E-state index in [1.54, 1.807) is 0 Å². The largest absolute Gasteiger partial charge is 0.353 e. The molecule has 1 saturated carbocycles. The first-order valence-corrected chi connectivity index (χ1v) is 6.79. The molecule has 0 unspecified atom stereocenters. The van der Waals surface area contributed by atoms with Crippen molar-refractivity contribution in [2.24, 2.45) is 5.41 Å². The van der Waals surface area contributed by atoms with Crippen molar-refractivity contribution >= 4 is 16.9 Å². The SMILES string of the molecule is CC(C)(Cc1nc2ccccc2[nH]1)C(=O)NC1CC1. The number of aromatic amines is 1. The van der Waals surface area contributed by atoms with E-state index in [-0.39, 0.29) is 5.91 Å². The fourth-order valence-corrected chi connectivity index (χ4v) is 2.20. The molecule has 19 heavy (non-hydrogen) atoms. The van der Waals surface area contributed by atoms with Gasteiger partial charge in [-0.2, -0.15) is 0 Å². The highest BCUT2D eigenvalue weighted by Gasteiger charge is 2.33. The van der Waals surface area contributed by atoms with E-state index in [1.165, 1.54) is 0 Å². The Kier molecular flexibility index (Phi) is 2.81. The van der Waals surface area contributed by atoms with Gasteiger partial charge in [0.2, 0.25) is 5.91 Å². The summed E-state index contributed by atoms with van der Waals surface area (Å²) in [5, 5.41) is 3.07. The van der Waals surface area contributed by atoms with Crippen LogP contribution in [-0.2, 0) is 11.2 Å². The van der Waals surface area contributed by atoms with Crippen molar-refractivity contribution in [1.29, 1.82) is 0 Å². The topological polar surface area (TPSA) is 57.8 Å². The molecule has 0 radical (unpaired) electrons. The first-order chi connectivity index (χ1) is 9.04. The second-order valence-electron chi connectivity index (χ2n) is 6.01. The molecule has 1 fully saturated rings. The summed E-state index contributed by atoms with van der Waals surface area (Å²) in [4.78, 5) is 20.0. The zero-order valence-corrected chi connectivity index (χ0v) is 11.4. The Morgan fingerprint density at radius 3 is 2.84 bits per heavy atom. The number of benzene rings is 1. The minimum Gasteiger partial charge on any atom is -0.353 e. The van der Waals surface area contributed by atoms with Gasteiger partial charge < -0.3 is 10.3 Å². The highest BCUT2D eigenvalue weighted by atomic mass is 16.2. The molecule has 0 spiro atoms. The maximum absolute atomic E-state index is 12.2. The molecule has 4 nitrogen and oxygen atoms in total. The number of carbonyl (C=O) groups excluding carboxylic acids is 1. The summed E-state index contributed by atoms with van der Waals surface area (Å²) in [6.07, 6.45) is 2.86. The second kappa shape index (κ2) is 4.37. The predicted molar refractivity (Wildman–Crippen MR) is 74.7 cm³/mol. The van der Waals surface area contributed by atoms with Gasteiger partial charge in [0, 0.05) is 12.5 Å². The zero-order chi connectivity index (χ0) is 13.5. The molecule has 0 aliphatic heterocycles. The van der Waals surface area contributed by atoms with Gasteiger partial charge in [-0.3, -0.25) is 4.79 Å². The predicted octanol–water partition coefficient (Wildman–Crippen LogP) is 2.41. The van der Waals surface area contributed by atoms with Gasteiger partial charge in [0.25, 0.3) is 0 Å². The van der Waals surface area contributed by atoms with E-state index in [0.717, 1.165) is 29.7 Å². The van der Waals surface area contributed by atoms with Crippen LogP contribution >= 0.6 is 0 Å². The lowest BCUT2D eigenvalue weighted by Crippen LogP contribution is -2.39. The molecule has 0 bridgehead atoms. The molecule has 1 heterocycles. The van der Waals surface area contributed by atoms with Crippen molar-refractivity contribution in [2.75, 3.05) is 0 Å². The molecule has 0 saturated heterocycles. The Labute approximate surface area is 112 Å². The number of aromatic nitrogens is 2. The number of nitrogens with zero attached hydrogens (tertiary/aromatic N) is 1. The van der Waals surface area contributed by atoms with E-state index < -0.39 is 5.41 Å². The number of hydrogen-bond acceptors (Lipinski definition) is 2. The van der Waals surface area contributed by atoms with Crippen molar-refractivity contribution in [3.8, 4) is 0 Å². The van der Waals surface area contributed by atoms with Gasteiger partial charge in [0.05, 0.1) is 16.4 Å². The summed E-state index contributed by atoms with van der Waals surface area (Å²) >= 11 is 0. The third-order valence-electron chi connectivity index (χ3n) is 3.58. The number of imidazole rings is 1. The molecule has 0 atom stereocenters. The number of para-hydroxylation sites is 2. The average Bonchev–Trinajstić information content (AvgIpc) is 3.07. The van der Waals surface area contributed by atoms with Crippen LogP contribution in [-0.4, -0.2) is 21.9 Å². The van der Waals surface area contributed by atoms with Crippen LogP contribution in [0, 0.1) is 5.41 Å². The number of H-pyrrole nitrogens is 1. The van der Waals surface area contributed by atoms with E-state index in [1.807, 2.05) is 38.1 Å². The number of carbonyl (C=O) groups is 1. The minimum absolute atomic E-state index is 0.121. The smallest absolute Gasteiger partial charge is 0.226 e. The first-order valence-electron chi connectivity index (χ1n) is 6.79. The molecule has 1 aromatic carbocycles. The number of amides is 1. The maximum Gasteiger partial charge on any atom is 0.226 e. The lowest BCUT2D eigenvalue weighted by molar-refractivity contribution is -0.129. The Bertz CT molecular complexity index is 578. The summed E-state index contributed by atoms with van der Waals surface area (Å²) in [6.45, 7) is 3.94. The van der Waals surface area contributed by atoms with Crippen molar-refractivity contribution in [3.05, 3.63) is 30.1 Å². The highest BCUT2D eigenvalue weighted by Crippen LogP contribution is 2.25. The summed E-state index contributed by atoms with van der Waals surface area (Å²) < 4.78 is 0. The van der Waals surface area contributed by atoms with Crippen molar-refractivity contribution in [2.45, 2.75) is 39.2 Å². The van der Waals surface area contributed by atoms with Crippen molar-refractivity contribution in [1.82, 2.24) is 15.3 Å². The van der Waals surface area contributed by atoms with Crippen molar-refractivity contribution < 1.29 is 4.79 Å². The monoisotopic (exact) mass is 257 g/mol. The normalized spacial score (nSPS) is 15.7. The van der Waals surface area contributed by atoms with Crippen LogP contribution in [0.15, 0.2) is 24.3 Å². The van der Waals surface area contributed by atoms with Crippen LogP contribution in [0.4, 0.5) is 0 Å². The fourth-order valence-electron chi connectivity index (χ4n) is 2.20. The van der Waals surface area contributed by atoms with Gasteiger partial charge >= 0.3 is 0 Å². The van der Waals surface area contributed by atoms with Crippen LogP contribution in [0.1, 0.15) is 32.5 Å². The van der Waals surface area contributed by atoms with E-state index >= 15 is 0 Å². The quantitative estimate of drug-likeness (QED) is 0.883. The van der Waals surface area contributed by atoms with Gasteiger partial charge in [-0.25, -0.2) is 4.98 Å². The molecule has 100 valence electrons. The van der Waals surface area contributed by atoms with Gasteiger partial charge in [-0.1, -0.05) is 26.0 Å². The molecule has 2 aromatic rings. The number of hydrogen-bond donors (Lipinski definition) is 2. The van der Waals surface area contributed by atoms with Gasteiger partial charge in [-0.15, -0.1) is 0 Å². The van der Waals surface area contributed by atoms with Gasteiger partial charge in [0.15, 0.2) is 0 Å². The zero-order valence-electron chi connectivity index (χ0n) is 11.4. The third-order valence-corrected chi connectivity index (χ3v) is 3.58. The van der Waals surface area contributed by atoms with Crippen LogP contribution in [0.5, 0.6) is 0 Å². The average molecular weight is 257 g/mol. The maximum atomic E-state index is 12.2. The summed E-state index contributed by atoms with van der Waals surface area (Å²) in [5.74, 6) is 0.993. The Balaban J connectivity index is 1.76. The Morgan fingerprint density at radius 2 is 2.16 bits per heavy atom. The minimum atomic E-state index is -0.434. The molecular formula is C15H19N3O. The Hall–Kier alpha value is -1.84. The molecule has 3 rings (SSSR count). The standard InChI is InChI=1S/C15H19N3O/c1-15(2,14(19)16-10-7-8-10)9-13-17-11-5-3-4-6-12(11)18-13/h3-6,10H,7-9H2,1-2H3,(H,16,19)(H,17,18). The third kappa shape index (κ3) is 2.62. The second-order valence-corrected chi connectivity index (χ2v) is 6.01. The number of rotatable bonds is 4. The summed E-state index contributed by atoms with van der Waals surface area (Å²) in [5.41, 5.74) is 1.54. The molecule has 4 heteroatoms. The van der Waals surface area contributed by atoms with E-state index in [9.17, 15) is 4.79 Å². The summed E-state index contributed by atoms with van der Waals surface area (Å²) in [7, 11) is 0. The van der Waals surface area contributed by atoms with E-state index in [2.05, 4.69) is 15.3 Å². The molecular weight excluding hydrogens is 238 g/mol. The van der Waals surface area contributed by atoms with Crippen LogP contribution in [0.2, 0.25) is 0 Å². The molecule has 1 amide bonds. The molecule has 1 aliphatic carbocycles. The Morgan fingerprint density at radius 1 is 1.42 bits per heavy atom. The summed E-state index contributed by atoms with van der Waals surface area (Å²) in [6, 6.07) is 8.34. The molecule has 1 aromatic heterocycles. The fraction of sp³-hybridized carbons (Fsp3) is 0.467. The molecule has 2 N–H and O–H groups in total. The van der Waals surface area contributed by atoms with Gasteiger partial charge in [0.1, 0.15) is 5.82 Å². The van der Waals surface area contributed by atoms with Crippen molar-refractivity contribution in [3.63, 3.8) is 0 Å². The van der Waals surface area contributed by atoms with Gasteiger partial charge in [-0.05, 0) is 25.0 Å². The van der Waals surface area contributed by atoms with Crippen LogP contribution in [0.25, 0.3) is 11.0 Å².